The molecule has 1 aromatic rings. The van der Waals surface area contributed by atoms with Gasteiger partial charge in [0.1, 0.15) is 0 Å². The van der Waals surface area contributed by atoms with Gasteiger partial charge in [0.25, 0.3) is 5.91 Å². The molecule has 0 spiro atoms. The summed E-state index contributed by atoms with van der Waals surface area (Å²) in [7, 11) is 0. The Morgan fingerprint density at radius 1 is 1.33 bits per heavy atom. The second kappa shape index (κ2) is 5.87. The molecule has 18 heavy (non-hydrogen) atoms. The third-order valence-corrected chi connectivity index (χ3v) is 3.36. The van der Waals surface area contributed by atoms with Crippen molar-refractivity contribution in [1.29, 1.82) is 0 Å². The second-order valence-corrected chi connectivity index (χ2v) is 4.63. The molecule has 8 heteroatoms. The van der Waals surface area contributed by atoms with Gasteiger partial charge in [-0.2, -0.15) is 8.75 Å². The topological polar surface area (TPSA) is 86.6 Å². The van der Waals surface area contributed by atoms with Crippen LogP contribution in [0.1, 0.15) is 16.9 Å². The summed E-state index contributed by atoms with van der Waals surface area (Å²) in [5.41, 5.74) is 0.388. The predicted molar refractivity (Wildman–Crippen MR) is 64.5 cm³/mol. The number of hydrogen-bond donors (Lipinski definition) is 1. The third kappa shape index (κ3) is 3.23. The highest BCUT2D eigenvalue weighted by Gasteiger charge is 2.23. The first-order valence-electron chi connectivity index (χ1n) is 5.68. The molecule has 0 atom stereocenters. The molecule has 0 saturated carbocycles. The Labute approximate surface area is 108 Å². The second-order valence-electron chi connectivity index (χ2n) is 4.07. The van der Waals surface area contributed by atoms with Crippen LogP contribution in [-0.4, -0.2) is 68.3 Å². The van der Waals surface area contributed by atoms with Gasteiger partial charge in [0.2, 0.25) is 0 Å². The number of hydrogen-bond acceptors (Lipinski definition) is 6. The molecule has 0 aliphatic carbocycles. The molecular weight excluding hydrogens is 256 g/mol. The maximum Gasteiger partial charge on any atom is 0.304 e. The summed E-state index contributed by atoms with van der Waals surface area (Å²) in [4.78, 5) is 26.2. The molecule has 7 nitrogen and oxygen atoms in total. The normalized spacial score (nSPS) is 16.8. The van der Waals surface area contributed by atoms with Gasteiger partial charge in [-0.3, -0.25) is 14.5 Å². The summed E-state index contributed by atoms with van der Waals surface area (Å²) in [5.74, 6) is -0.885. The number of piperazine rings is 1. The smallest absolute Gasteiger partial charge is 0.304 e. The summed E-state index contributed by atoms with van der Waals surface area (Å²) in [6.07, 6.45) is 1.62. The van der Waals surface area contributed by atoms with Crippen molar-refractivity contribution in [1.82, 2.24) is 18.5 Å². The highest BCUT2D eigenvalue weighted by atomic mass is 32.1. The molecule has 1 saturated heterocycles. The number of nitrogens with zero attached hydrogens (tertiary/aromatic N) is 4. The van der Waals surface area contributed by atoms with Crippen molar-refractivity contribution in [2.45, 2.75) is 6.42 Å². The molecule has 1 amide bonds. The third-order valence-electron chi connectivity index (χ3n) is 2.88. The van der Waals surface area contributed by atoms with Crippen molar-refractivity contribution in [3.8, 4) is 0 Å². The standard InChI is InChI=1S/C10H14N4O3S/c15-9(16)1-2-13-3-5-14(6-4-13)10(17)8-7-11-18-12-8/h7H,1-6H2,(H,15,16). The summed E-state index contributed by atoms with van der Waals surface area (Å²) >= 11 is 1.02. The number of rotatable bonds is 4. The van der Waals surface area contributed by atoms with Crippen LogP contribution in [0.3, 0.4) is 0 Å². The molecule has 0 aromatic carbocycles. The molecule has 1 aliphatic rings. The van der Waals surface area contributed by atoms with Crippen LogP contribution in [0, 0.1) is 0 Å². The van der Waals surface area contributed by atoms with E-state index in [-0.39, 0.29) is 12.3 Å². The molecule has 98 valence electrons. The minimum atomic E-state index is -0.790. The molecular formula is C10H14N4O3S. The number of carbonyl (C=O) groups excluding carboxylic acids is 1. The minimum Gasteiger partial charge on any atom is -0.481 e. The van der Waals surface area contributed by atoms with Crippen molar-refractivity contribution in [3.05, 3.63) is 11.9 Å². The molecule has 1 aliphatic heterocycles. The van der Waals surface area contributed by atoms with E-state index in [0.717, 1.165) is 11.7 Å². The van der Waals surface area contributed by atoms with Gasteiger partial charge in [-0.1, -0.05) is 0 Å². The van der Waals surface area contributed by atoms with E-state index in [0.29, 0.717) is 38.4 Å². The van der Waals surface area contributed by atoms with E-state index in [4.69, 9.17) is 5.11 Å². The maximum absolute atomic E-state index is 12.0. The zero-order valence-corrected chi connectivity index (χ0v) is 10.6. The summed E-state index contributed by atoms with van der Waals surface area (Å²) in [5, 5.41) is 8.60. The van der Waals surface area contributed by atoms with Crippen molar-refractivity contribution in [2.24, 2.45) is 0 Å². The molecule has 2 rings (SSSR count). The van der Waals surface area contributed by atoms with Gasteiger partial charge < -0.3 is 10.0 Å². The number of carboxylic acid groups (broad SMARTS) is 1. The van der Waals surface area contributed by atoms with E-state index in [9.17, 15) is 9.59 Å². The Hall–Kier alpha value is -1.54. The molecule has 1 fully saturated rings. The van der Waals surface area contributed by atoms with Gasteiger partial charge in [-0.05, 0) is 0 Å². The molecule has 1 aromatic heterocycles. The average Bonchev–Trinajstić information content (AvgIpc) is 2.90. The fraction of sp³-hybridized carbons (Fsp3) is 0.600. The monoisotopic (exact) mass is 270 g/mol. The number of aliphatic carboxylic acids is 1. The predicted octanol–water partition coefficient (Wildman–Crippen LogP) is -0.229. The Bertz CT molecular complexity index is 415. The lowest BCUT2D eigenvalue weighted by atomic mass is 10.2. The van der Waals surface area contributed by atoms with Crippen LogP contribution >= 0.6 is 11.7 Å². The van der Waals surface area contributed by atoms with Crippen LogP contribution in [0.25, 0.3) is 0 Å². The van der Waals surface area contributed by atoms with Crippen molar-refractivity contribution >= 4 is 23.6 Å². The van der Waals surface area contributed by atoms with E-state index >= 15 is 0 Å². The number of carboxylic acids is 1. The van der Waals surface area contributed by atoms with Crippen molar-refractivity contribution in [3.63, 3.8) is 0 Å². The number of aromatic nitrogens is 2. The highest BCUT2D eigenvalue weighted by molar-refractivity contribution is 6.99. The Balaban J connectivity index is 1.80. The molecule has 0 radical (unpaired) electrons. The average molecular weight is 270 g/mol. The van der Waals surface area contributed by atoms with Crippen molar-refractivity contribution < 1.29 is 14.7 Å². The van der Waals surface area contributed by atoms with Crippen LogP contribution in [-0.2, 0) is 4.79 Å². The van der Waals surface area contributed by atoms with E-state index < -0.39 is 5.97 Å². The van der Waals surface area contributed by atoms with E-state index in [2.05, 4.69) is 13.6 Å². The van der Waals surface area contributed by atoms with Gasteiger partial charge in [0, 0.05) is 32.7 Å². The fourth-order valence-corrected chi connectivity index (χ4v) is 2.26. The molecule has 0 bridgehead atoms. The van der Waals surface area contributed by atoms with Gasteiger partial charge >= 0.3 is 5.97 Å². The molecule has 0 unspecified atom stereocenters. The summed E-state index contributed by atoms with van der Waals surface area (Å²) < 4.78 is 7.73. The summed E-state index contributed by atoms with van der Waals surface area (Å²) in [6.45, 7) is 3.16. The van der Waals surface area contributed by atoms with Gasteiger partial charge in [0.15, 0.2) is 5.69 Å². The zero-order chi connectivity index (χ0) is 13.0. The molecule has 1 N–H and O–H groups in total. The lowest BCUT2D eigenvalue weighted by Crippen LogP contribution is -2.49. The highest BCUT2D eigenvalue weighted by Crippen LogP contribution is 2.07. The Morgan fingerprint density at radius 3 is 2.61 bits per heavy atom. The lowest BCUT2D eigenvalue weighted by Gasteiger charge is -2.34. The first-order chi connectivity index (χ1) is 8.66. The van der Waals surface area contributed by atoms with Gasteiger partial charge in [-0.15, -0.1) is 0 Å². The first-order valence-corrected chi connectivity index (χ1v) is 6.41. The summed E-state index contributed by atoms with van der Waals surface area (Å²) in [6, 6.07) is 0. The molecule has 2 heterocycles. The van der Waals surface area contributed by atoms with Gasteiger partial charge in [0.05, 0.1) is 24.3 Å². The minimum absolute atomic E-state index is 0.0957. The quantitative estimate of drug-likeness (QED) is 0.813. The fourth-order valence-electron chi connectivity index (χ4n) is 1.85. The van der Waals surface area contributed by atoms with Crippen LogP contribution < -0.4 is 0 Å². The van der Waals surface area contributed by atoms with Crippen LogP contribution in [0.4, 0.5) is 0 Å². The number of carbonyl (C=O) groups is 2. The lowest BCUT2D eigenvalue weighted by molar-refractivity contribution is -0.137. The maximum atomic E-state index is 12.0. The van der Waals surface area contributed by atoms with E-state index in [1.165, 1.54) is 6.20 Å². The zero-order valence-electron chi connectivity index (χ0n) is 9.78. The SMILES string of the molecule is O=C(O)CCN1CCN(C(=O)c2cnsn2)CC1. The van der Waals surface area contributed by atoms with E-state index in [1.54, 1.807) is 4.90 Å². The van der Waals surface area contributed by atoms with Crippen LogP contribution in [0.15, 0.2) is 6.20 Å². The first kappa shape index (κ1) is 12.9. The van der Waals surface area contributed by atoms with Crippen molar-refractivity contribution in [2.75, 3.05) is 32.7 Å². The van der Waals surface area contributed by atoms with E-state index in [1.807, 2.05) is 0 Å². The Morgan fingerprint density at radius 2 is 2.06 bits per heavy atom. The number of amides is 1. The van der Waals surface area contributed by atoms with Crippen LogP contribution in [0.2, 0.25) is 0 Å². The Kier molecular flexibility index (Phi) is 4.21. The largest absolute Gasteiger partial charge is 0.481 e. The van der Waals surface area contributed by atoms with Gasteiger partial charge in [-0.25, -0.2) is 0 Å². The van der Waals surface area contributed by atoms with Crippen LogP contribution in [0.5, 0.6) is 0 Å².